The van der Waals surface area contributed by atoms with Crippen LogP contribution in [0.25, 0.3) is 0 Å². The summed E-state index contributed by atoms with van der Waals surface area (Å²) in [7, 11) is 0. The standard InChI is InChI=1S/C10H12OS2/c11-10(8-4-6-12-7-8)9-3-1-2-5-13-9/h4,6-7,9H,1-3,5H2. The summed E-state index contributed by atoms with van der Waals surface area (Å²) in [5.41, 5.74) is 0.907. The van der Waals surface area contributed by atoms with E-state index in [4.69, 9.17) is 0 Å². The van der Waals surface area contributed by atoms with Gasteiger partial charge in [0.1, 0.15) is 0 Å². The number of hydrogen-bond donors (Lipinski definition) is 0. The SMILES string of the molecule is O=C(c1ccsc1)C1CCCCS1. The van der Waals surface area contributed by atoms with Gasteiger partial charge in [0.25, 0.3) is 0 Å². The van der Waals surface area contributed by atoms with Crippen LogP contribution in [0.1, 0.15) is 29.6 Å². The molecule has 1 aromatic heterocycles. The first-order valence-electron chi connectivity index (χ1n) is 4.56. The summed E-state index contributed by atoms with van der Waals surface area (Å²) in [4.78, 5) is 11.8. The van der Waals surface area contributed by atoms with Crippen LogP contribution in [0.5, 0.6) is 0 Å². The van der Waals surface area contributed by atoms with E-state index in [2.05, 4.69) is 0 Å². The zero-order valence-electron chi connectivity index (χ0n) is 7.36. The van der Waals surface area contributed by atoms with Gasteiger partial charge in [-0.25, -0.2) is 0 Å². The molecule has 0 amide bonds. The highest BCUT2D eigenvalue weighted by molar-refractivity contribution is 8.00. The van der Waals surface area contributed by atoms with E-state index in [9.17, 15) is 4.79 Å². The molecule has 0 radical (unpaired) electrons. The lowest BCUT2D eigenvalue weighted by molar-refractivity contribution is 0.0985. The lowest BCUT2D eigenvalue weighted by Gasteiger charge is -2.19. The molecule has 0 saturated carbocycles. The topological polar surface area (TPSA) is 17.1 Å². The van der Waals surface area contributed by atoms with Crippen LogP contribution < -0.4 is 0 Å². The van der Waals surface area contributed by atoms with Crippen LogP contribution in [0.4, 0.5) is 0 Å². The van der Waals surface area contributed by atoms with Gasteiger partial charge in [0.05, 0.1) is 5.25 Å². The van der Waals surface area contributed by atoms with E-state index >= 15 is 0 Å². The van der Waals surface area contributed by atoms with Gasteiger partial charge in [-0.2, -0.15) is 23.1 Å². The molecular weight excluding hydrogens is 200 g/mol. The number of ketones is 1. The Morgan fingerprint density at radius 3 is 3.00 bits per heavy atom. The molecule has 1 aliphatic rings. The molecule has 1 fully saturated rings. The predicted molar refractivity (Wildman–Crippen MR) is 58.7 cm³/mol. The number of Topliss-reactive ketones (excluding diaryl/α,β-unsaturated/α-hetero) is 1. The van der Waals surface area contributed by atoms with Crippen molar-refractivity contribution in [3.8, 4) is 0 Å². The van der Waals surface area contributed by atoms with Gasteiger partial charge in [0, 0.05) is 10.9 Å². The van der Waals surface area contributed by atoms with E-state index in [-0.39, 0.29) is 5.25 Å². The van der Waals surface area contributed by atoms with Crippen molar-refractivity contribution in [1.82, 2.24) is 0 Å². The molecule has 1 aliphatic heterocycles. The van der Waals surface area contributed by atoms with Gasteiger partial charge in [-0.1, -0.05) is 6.42 Å². The second kappa shape index (κ2) is 4.29. The van der Waals surface area contributed by atoms with Gasteiger partial charge in [0.15, 0.2) is 5.78 Å². The zero-order valence-corrected chi connectivity index (χ0v) is 9.00. The fraction of sp³-hybridized carbons (Fsp3) is 0.500. The number of carbonyl (C=O) groups is 1. The van der Waals surface area contributed by atoms with Gasteiger partial charge < -0.3 is 0 Å². The second-order valence-corrected chi connectivity index (χ2v) is 5.32. The average Bonchev–Trinajstić information content (AvgIpc) is 2.71. The van der Waals surface area contributed by atoms with Crippen LogP contribution in [0.3, 0.4) is 0 Å². The van der Waals surface area contributed by atoms with Crippen molar-refractivity contribution in [2.45, 2.75) is 24.5 Å². The molecule has 1 saturated heterocycles. The molecule has 13 heavy (non-hydrogen) atoms. The minimum absolute atomic E-state index is 0.239. The number of rotatable bonds is 2. The maximum absolute atomic E-state index is 11.8. The smallest absolute Gasteiger partial charge is 0.176 e. The van der Waals surface area contributed by atoms with Crippen molar-refractivity contribution in [3.05, 3.63) is 22.4 Å². The highest BCUT2D eigenvalue weighted by atomic mass is 32.2. The quantitative estimate of drug-likeness (QED) is 0.700. The Hall–Kier alpha value is -0.280. The summed E-state index contributed by atoms with van der Waals surface area (Å²) in [5, 5.41) is 4.17. The summed E-state index contributed by atoms with van der Waals surface area (Å²) in [6.45, 7) is 0. The molecular formula is C10H12OS2. The monoisotopic (exact) mass is 212 g/mol. The van der Waals surface area contributed by atoms with Crippen molar-refractivity contribution in [2.75, 3.05) is 5.75 Å². The van der Waals surface area contributed by atoms with Crippen LogP contribution in [-0.2, 0) is 0 Å². The molecule has 0 N–H and O–H groups in total. The summed E-state index contributed by atoms with van der Waals surface area (Å²) >= 11 is 3.43. The van der Waals surface area contributed by atoms with Gasteiger partial charge in [-0.05, 0) is 30.0 Å². The van der Waals surface area contributed by atoms with Crippen LogP contribution >= 0.6 is 23.1 Å². The number of hydrogen-bond acceptors (Lipinski definition) is 3. The third kappa shape index (κ3) is 2.15. The van der Waals surface area contributed by atoms with Gasteiger partial charge in [0.2, 0.25) is 0 Å². The van der Waals surface area contributed by atoms with Crippen LogP contribution in [-0.4, -0.2) is 16.8 Å². The van der Waals surface area contributed by atoms with Crippen molar-refractivity contribution in [2.24, 2.45) is 0 Å². The Kier molecular flexibility index (Phi) is 3.06. The molecule has 1 aromatic rings. The highest BCUT2D eigenvalue weighted by Crippen LogP contribution is 2.28. The Morgan fingerprint density at radius 1 is 1.46 bits per heavy atom. The van der Waals surface area contributed by atoms with E-state index < -0.39 is 0 Å². The number of thiophene rings is 1. The second-order valence-electron chi connectivity index (χ2n) is 3.23. The molecule has 0 aliphatic carbocycles. The summed E-state index contributed by atoms with van der Waals surface area (Å²) in [6, 6.07) is 1.93. The average molecular weight is 212 g/mol. The van der Waals surface area contributed by atoms with Gasteiger partial charge in [-0.3, -0.25) is 4.79 Å². The minimum Gasteiger partial charge on any atom is -0.293 e. The fourth-order valence-electron chi connectivity index (χ4n) is 1.54. The molecule has 2 heterocycles. The lowest BCUT2D eigenvalue weighted by Crippen LogP contribution is -2.20. The first kappa shape index (κ1) is 9.28. The Labute approximate surface area is 86.5 Å². The van der Waals surface area contributed by atoms with Crippen molar-refractivity contribution >= 4 is 28.9 Å². The first-order chi connectivity index (χ1) is 6.38. The molecule has 70 valence electrons. The van der Waals surface area contributed by atoms with Crippen molar-refractivity contribution in [3.63, 3.8) is 0 Å². The summed E-state index contributed by atoms with van der Waals surface area (Å²) in [6.07, 6.45) is 3.56. The van der Waals surface area contributed by atoms with E-state index in [1.165, 1.54) is 12.8 Å². The van der Waals surface area contributed by atoms with E-state index in [1.54, 1.807) is 11.3 Å². The first-order valence-corrected chi connectivity index (χ1v) is 6.55. The molecule has 0 spiro atoms. The number of carbonyl (C=O) groups excluding carboxylic acids is 1. The molecule has 1 unspecified atom stereocenters. The van der Waals surface area contributed by atoms with Crippen molar-refractivity contribution in [1.29, 1.82) is 0 Å². The zero-order chi connectivity index (χ0) is 9.10. The third-order valence-corrected chi connectivity index (χ3v) is 4.34. The molecule has 1 atom stereocenters. The molecule has 2 rings (SSSR count). The molecule has 0 aromatic carbocycles. The molecule has 0 bridgehead atoms. The van der Waals surface area contributed by atoms with E-state index in [0.717, 1.165) is 17.7 Å². The van der Waals surface area contributed by atoms with Gasteiger partial charge in [-0.15, -0.1) is 0 Å². The summed E-state index contributed by atoms with van der Waals surface area (Å²) in [5.74, 6) is 1.49. The molecule has 1 nitrogen and oxygen atoms in total. The van der Waals surface area contributed by atoms with E-state index in [0.29, 0.717) is 5.78 Å². The Balaban J connectivity index is 2.04. The largest absolute Gasteiger partial charge is 0.293 e. The summed E-state index contributed by atoms with van der Waals surface area (Å²) < 4.78 is 0. The lowest BCUT2D eigenvalue weighted by atomic mass is 10.1. The Bertz CT molecular complexity index is 273. The fourth-order valence-corrected chi connectivity index (χ4v) is 3.46. The van der Waals surface area contributed by atoms with E-state index in [1.807, 2.05) is 28.6 Å². The van der Waals surface area contributed by atoms with Crippen LogP contribution in [0.15, 0.2) is 16.8 Å². The maximum Gasteiger partial charge on any atom is 0.176 e. The predicted octanol–water partition coefficient (Wildman–Crippen LogP) is 3.22. The maximum atomic E-state index is 11.8. The Morgan fingerprint density at radius 2 is 2.38 bits per heavy atom. The van der Waals surface area contributed by atoms with Gasteiger partial charge >= 0.3 is 0 Å². The molecule has 3 heteroatoms. The van der Waals surface area contributed by atoms with Crippen LogP contribution in [0, 0.1) is 0 Å². The minimum atomic E-state index is 0.239. The van der Waals surface area contributed by atoms with Crippen LogP contribution in [0.2, 0.25) is 0 Å². The van der Waals surface area contributed by atoms with Crippen molar-refractivity contribution < 1.29 is 4.79 Å². The third-order valence-electron chi connectivity index (χ3n) is 2.28. The highest BCUT2D eigenvalue weighted by Gasteiger charge is 2.22. The number of thioether (sulfide) groups is 1. The normalized spacial score (nSPS) is 22.9.